The fourth-order valence-corrected chi connectivity index (χ4v) is 3.13. The molecule has 4 unspecified atom stereocenters. The van der Waals surface area contributed by atoms with Gasteiger partial charge >= 0.3 is 5.97 Å². The van der Waals surface area contributed by atoms with Crippen LogP contribution in [0.1, 0.15) is 19.8 Å². The number of aliphatic carboxylic acids is 1. The molecule has 0 aliphatic heterocycles. The van der Waals surface area contributed by atoms with Crippen LogP contribution in [0.3, 0.4) is 0 Å². The van der Waals surface area contributed by atoms with Crippen LogP contribution >= 0.6 is 0 Å². The Balaban J connectivity index is 1.90. The Morgan fingerprint density at radius 3 is 2.40 bits per heavy atom. The average Bonchev–Trinajstić information content (AvgIpc) is 3.02. The number of hydrogen-bond acceptors (Lipinski definition) is 3. The molecule has 0 aromatic rings. The molecule has 110 valence electrons. The first-order valence-electron chi connectivity index (χ1n) is 7.00. The van der Waals surface area contributed by atoms with E-state index in [1.54, 1.807) is 0 Å². The second-order valence-corrected chi connectivity index (χ2v) is 5.41. The summed E-state index contributed by atoms with van der Waals surface area (Å²) in [5.41, 5.74) is 0. The van der Waals surface area contributed by atoms with Gasteiger partial charge in [-0.3, -0.25) is 14.4 Å². The van der Waals surface area contributed by atoms with Crippen molar-refractivity contribution in [3.8, 4) is 0 Å². The Bertz CT molecular complexity index is 446. The lowest BCUT2D eigenvalue weighted by Gasteiger charge is -2.23. The number of rotatable bonds is 6. The molecule has 2 aliphatic rings. The molecule has 4 atom stereocenters. The summed E-state index contributed by atoms with van der Waals surface area (Å²) in [6.07, 6.45) is 5.36. The molecule has 2 aliphatic carbocycles. The molecule has 20 heavy (non-hydrogen) atoms. The van der Waals surface area contributed by atoms with E-state index < -0.39 is 17.8 Å². The minimum absolute atomic E-state index is 0.0141. The smallest absolute Gasteiger partial charge is 0.307 e. The van der Waals surface area contributed by atoms with Gasteiger partial charge in [-0.15, -0.1) is 0 Å². The van der Waals surface area contributed by atoms with Gasteiger partial charge in [-0.1, -0.05) is 19.1 Å². The Morgan fingerprint density at radius 2 is 1.80 bits per heavy atom. The van der Waals surface area contributed by atoms with Gasteiger partial charge in [0.25, 0.3) is 0 Å². The number of hydrogen-bond donors (Lipinski definition) is 3. The SMILES string of the molecule is CCCNC(=O)CNC(=O)C1C2C=CC(C2)C1C(=O)O. The maximum Gasteiger partial charge on any atom is 0.307 e. The van der Waals surface area contributed by atoms with Gasteiger partial charge in [0, 0.05) is 6.54 Å². The monoisotopic (exact) mass is 280 g/mol. The Morgan fingerprint density at radius 1 is 1.15 bits per heavy atom. The van der Waals surface area contributed by atoms with Crippen LogP contribution in [0.25, 0.3) is 0 Å². The molecule has 6 heteroatoms. The summed E-state index contributed by atoms with van der Waals surface area (Å²) in [5, 5.41) is 14.5. The molecule has 2 bridgehead atoms. The predicted molar refractivity (Wildman–Crippen MR) is 71.7 cm³/mol. The molecular formula is C14H20N2O4. The molecule has 0 aromatic heterocycles. The summed E-state index contributed by atoms with van der Waals surface area (Å²) in [7, 11) is 0. The first-order valence-corrected chi connectivity index (χ1v) is 7.00. The summed E-state index contributed by atoms with van der Waals surface area (Å²) < 4.78 is 0. The van der Waals surface area contributed by atoms with E-state index in [0.717, 1.165) is 12.8 Å². The van der Waals surface area contributed by atoms with Crippen LogP contribution in [0.5, 0.6) is 0 Å². The van der Waals surface area contributed by atoms with Crippen LogP contribution in [0, 0.1) is 23.7 Å². The van der Waals surface area contributed by atoms with Crippen molar-refractivity contribution in [3.63, 3.8) is 0 Å². The van der Waals surface area contributed by atoms with Crippen molar-refractivity contribution in [3.05, 3.63) is 12.2 Å². The topological polar surface area (TPSA) is 95.5 Å². The van der Waals surface area contributed by atoms with Crippen LogP contribution in [-0.4, -0.2) is 36.0 Å². The van der Waals surface area contributed by atoms with Crippen LogP contribution in [0.15, 0.2) is 12.2 Å². The lowest BCUT2D eigenvalue weighted by atomic mass is 9.82. The third-order valence-corrected chi connectivity index (χ3v) is 4.04. The molecule has 1 saturated carbocycles. The van der Waals surface area contributed by atoms with E-state index >= 15 is 0 Å². The van der Waals surface area contributed by atoms with Crippen molar-refractivity contribution < 1.29 is 19.5 Å². The summed E-state index contributed by atoms with van der Waals surface area (Å²) in [4.78, 5) is 34.9. The molecule has 0 spiro atoms. The zero-order valence-corrected chi connectivity index (χ0v) is 11.5. The minimum Gasteiger partial charge on any atom is -0.481 e. The van der Waals surface area contributed by atoms with E-state index in [0.29, 0.717) is 6.54 Å². The van der Waals surface area contributed by atoms with Crippen molar-refractivity contribution >= 4 is 17.8 Å². The van der Waals surface area contributed by atoms with Gasteiger partial charge in [0.05, 0.1) is 18.4 Å². The number of carboxylic acid groups (broad SMARTS) is 1. The molecule has 6 nitrogen and oxygen atoms in total. The number of carbonyl (C=O) groups is 3. The molecule has 0 aromatic carbocycles. The first kappa shape index (κ1) is 14.6. The highest BCUT2D eigenvalue weighted by Gasteiger charge is 2.51. The third-order valence-electron chi connectivity index (χ3n) is 4.04. The molecule has 2 rings (SSSR count). The van der Waals surface area contributed by atoms with Gasteiger partial charge in [0.2, 0.25) is 11.8 Å². The van der Waals surface area contributed by atoms with Crippen LogP contribution < -0.4 is 10.6 Å². The van der Waals surface area contributed by atoms with Gasteiger partial charge < -0.3 is 15.7 Å². The maximum absolute atomic E-state index is 12.1. The second kappa shape index (κ2) is 6.07. The number of fused-ring (bicyclic) bond motifs is 2. The maximum atomic E-state index is 12.1. The Labute approximate surface area is 117 Å². The summed E-state index contributed by atoms with van der Waals surface area (Å²) in [5.74, 6) is -2.80. The predicted octanol–water partition coefficient (Wildman–Crippen LogP) is 0.152. The van der Waals surface area contributed by atoms with Gasteiger partial charge in [-0.25, -0.2) is 0 Å². The van der Waals surface area contributed by atoms with Crippen molar-refractivity contribution in [1.29, 1.82) is 0 Å². The van der Waals surface area contributed by atoms with E-state index in [-0.39, 0.29) is 30.2 Å². The zero-order valence-electron chi connectivity index (χ0n) is 11.5. The lowest BCUT2D eigenvalue weighted by Crippen LogP contribution is -2.44. The average molecular weight is 280 g/mol. The standard InChI is InChI=1S/C14H20N2O4/c1-2-5-15-10(17)7-16-13(18)11-8-3-4-9(6-8)12(11)14(19)20/h3-4,8-9,11-12H,2,5-7H2,1H3,(H,15,17)(H,16,18)(H,19,20). The first-order chi connectivity index (χ1) is 9.54. The van der Waals surface area contributed by atoms with Crippen molar-refractivity contribution in [1.82, 2.24) is 10.6 Å². The highest BCUT2D eigenvalue weighted by molar-refractivity contribution is 5.89. The van der Waals surface area contributed by atoms with Gasteiger partial charge in [0.15, 0.2) is 0 Å². The molecule has 0 saturated heterocycles. The van der Waals surface area contributed by atoms with E-state index in [1.165, 1.54) is 0 Å². The molecule has 0 radical (unpaired) electrons. The molecule has 0 heterocycles. The highest BCUT2D eigenvalue weighted by atomic mass is 16.4. The number of nitrogens with one attached hydrogen (secondary N) is 2. The zero-order chi connectivity index (χ0) is 14.7. The van der Waals surface area contributed by atoms with E-state index in [1.807, 2.05) is 19.1 Å². The Kier molecular flexibility index (Phi) is 4.42. The van der Waals surface area contributed by atoms with Crippen LogP contribution in [-0.2, 0) is 14.4 Å². The summed E-state index contributed by atoms with van der Waals surface area (Å²) >= 11 is 0. The second-order valence-electron chi connectivity index (χ2n) is 5.41. The van der Waals surface area contributed by atoms with Crippen molar-refractivity contribution in [2.45, 2.75) is 19.8 Å². The molecule has 3 N–H and O–H groups in total. The van der Waals surface area contributed by atoms with Crippen LogP contribution in [0.4, 0.5) is 0 Å². The number of carboxylic acids is 1. The van der Waals surface area contributed by atoms with E-state index in [4.69, 9.17) is 0 Å². The summed E-state index contributed by atoms with van der Waals surface area (Å²) in [6.45, 7) is 2.42. The number of allylic oxidation sites excluding steroid dienone is 2. The fraction of sp³-hybridized carbons (Fsp3) is 0.643. The highest BCUT2D eigenvalue weighted by Crippen LogP contribution is 2.48. The third kappa shape index (κ3) is 2.84. The minimum atomic E-state index is -0.933. The normalized spacial score (nSPS) is 30.2. The molecular weight excluding hydrogens is 260 g/mol. The van der Waals surface area contributed by atoms with Gasteiger partial charge in [-0.05, 0) is 24.7 Å². The quantitative estimate of drug-likeness (QED) is 0.604. The van der Waals surface area contributed by atoms with Gasteiger partial charge in [0.1, 0.15) is 0 Å². The molecule has 1 fully saturated rings. The van der Waals surface area contributed by atoms with E-state index in [2.05, 4.69) is 10.6 Å². The fourth-order valence-electron chi connectivity index (χ4n) is 3.13. The van der Waals surface area contributed by atoms with E-state index in [9.17, 15) is 19.5 Å². The van der Waals surface area contributed by atoms with Gasteiger partial charge in [-0.2, -0.15) is 0 Å². The Hall–Kier alpha value is -1.85. The van der Waals surface area contributed by atoms with Crippen LogP contribution in [0.2, 0.25) is 0 Å². The van der Waals surface area contributed by atoms with Crippen molar-refractivity contribution in [2.75, 3.05) is 13.1 Å². The van der Waals surface area contributed by atoms with Crippen molar-refractivity contribution in [2.24, 2.45) is 23.7 Å². The largest absolute Gasteiger partial charge is 0.481 e. The summed E-state index contributed by atoms with van der Waals surface area (Å²) in [6, 6.07) is 0. The number of amides is 2. The molecule has 2 amide bonds. The number of carbonyl (C=O) groups excluding carboxylic acids is 2. The lowest BCUT2D eigenvalue weighted by molar-refractivity contribution is -0.147.